The fourth-order valence-electron chi connectivity index (χ4n) is 4.32. The molecule has 3 aromatic heterocycles. The Morgan fingerprint density at radius 2 is 1.71 bits per heavy atom. The van der Waals surface area contributed by atoms with Gasteiger partial charge in [0.25, 0.3) is 17.6 Å². The number of benzene rings is 1. The number of pyridine rings is 1. The van der Waals surface area contributed by atoms with E-state index in [1.54, 1.807) is 35.0 Å². The van der Waals surface area contributed by atoms with Crippen molar-refractivity contribution in [1.82, 2.24) is 29.5 Å². The Hall–Kier alpha value is -4.47. The van der Waals surface area contributed by atoms with Gasteiger partial charge in [0, 0.05) is 51.2 Å². The van der Waals surface area contributed by atoms with Crippen LogP contribution in [0.1, 0.15) is 20.7 Å². The number of hydrogen-bond acceptors (Lipinski definition) is 6. The van der Waals surface area contributed by atoms with Gasteiger partial charge in [-0.3, -0.25) is 19.1 Å². The maximum Gasteiger partial charge on any atom is 0.295 e. The second kappa shape index (κ2) is 9.05. The number of carbonyl (C=O) groups is 3. The van der Waals surface area contributed by atoms with Gasteiger partial charge in [0.1, 0.15) is 17.1 Å². The quantitative estimate of drug-likeness (QED) is 0.352. The Morgan fingerprint density at radius 3 is 2.37 bits per heavy atom. The zero-order valence-electron chi connectivity index (χ0n) is 19.4. The van der Waals surface area contributed by atoms with E-state index in [9.17, 15) is 14.4 Å². The van der Waals surface area contributed by atoms with Crippen molar-refractivity contribution in [1.29, 1.82) is 0 Å². The van der Waals surface area contributed by atoms with E-state index < -0.39 is 11.7 Å². The number of ether oxygens (including phenoxy) is 1. The summed E-state index contributed by atoms with van der Waals surface area (Å²) in [6, 6.07) is 10.8. The molecule has 5 rings (SSSR count). The van der Waals surface area contributed by atoms with Crippen molar-refractivity contribution in [2.75, 3.05) is 33.3 Å². The average Bonchev–Trinajstić information content (AvgIpc) is 3.54. The van der Waals surface area contributed by atoms with Crippen molar-refractivity contribution in [3.8, 4) is 17.1 Å². The van der Waals surface area contributed by atoms with Crippen LogP contribution in [0.3, 0.4) is 0 Å². The van der Waals surface area contributed by atoms with Crippen molar-refractivity contribution in [3.63, 3.8) is 0 Å². The van der Waals surface area contributed by atoms with E-state index in [0.29, 0.717) is 46.7 Å². The van der Waals surface area contributed by atoms with Gasteiger partial charge in [-0.15, -0.1) is 0 Å². The van der Waals surface area contributed by atoms with Gasteiger partial charge in [0.2, 0.25) is 0 Å². The zero-order valence-corrected chi connectivity index (χ0v) is 19.4. The van der Waals surface area contributed by atoms with E-state index in [4.69, 9.17) is 4.74 Å². The molecule has 35 heavy (non-hydrogen) atoms. The number of fused-ring (bicyclic) bond motifs is 1. The lowest BCUT2D eigenvalue weighted by Crippen LogP contribution is -2.52. The van der Waals surface area contributed by atoms with Crippen molar-refractivity contribution >= 4 is 28.5 Å². The molecule has 4 heterocycles. The number of amides is 2. The van der Waals surface area contributed by atoms with Gasteiger partial charge < -0.3 is 19.5 Å². The average molecular weight is 473 g/mol. The molecule has 0 atom stereocenters. The standard InChI is InChI=1S/C25H24N6O4/c1-29-9-8-18(28-29)21-22-20(19(35-2)15-27-21)17(14-26-22)23(32)25(34)31-12-10-30(11-13-31)24(33)16-6-4-3-5-7-16/h3-9,14-15,26H,10-13H2,1-2H3. The molecular weight excluding hydrogens is 448 g/mol. The van der Waals surface area contributed by atoms with Crippen molar-refractivity contribution < 1.29 is 19.1 Å². The molecule has 0 spiro atoms. The maximum absolute atomic E-state index is 13.3. The molecule has 1 N–H and O–H groups in total. The molecular formula is C25H24N6O4. The highest BCUT2D eigenvalue weighted by Crippen LogP contribution is 2.34. The number of nitrogens with zero attached hydrogens (tertiary/aromatic N) is 5. The summed E-state index contributed by atoms with van der Waals surface area (Å²) in [6.45, 7) is 1.28. The number of rotatable bonds is 5. The molecule has 0 radical (unpaired) electrons. The van der Waals surface area contributed by atoms with Crippen LogP contribution in [0.5, 0.6) is 5.75 Å². The highest BCUT2D eigenvalue weighted by molar-refractivity contribution is 6.45. The lowest BCUT2D eigenvalue weighted by molar-refractivity contribution is -0.127. The SMILES string of the molecule is COc1cnc(-c2ccn(C)n2)c2[nH]cc(C(=O)C(=O)N3CCN(C(=O)c4ccccc4)CC3)c12. The fourth-order valence-corrected chi connectivity index (χ4v) is 4.32. The summed E-state index contributed by atoms with van der Waals surface area (Å²) in [5.41, 5.74) is 2.57. The van der Waals surface area contributed by atoms with Crippen LogP contribution >= 0.6 is 0 Å². The molecule has 1 aliphatic heterocycles. The van der Waals surface area contributed by atoms with Gasteiger partial charge in [-0.1, -0.05) is 18.2 Å². The lowest BCUT2D eigenvalue weighted by atomic mass is 10.1. The summed E-state index contributed by atoms with van der Waals surface area (Å²) in [6.07, 6.45) is 4.83. The number of aromatic nitrogens is 4. The molecule has 1 aromatic carbocycles. The van der Waals surface area contributed by atoms with E-state index in [0.717, 1.165) is 0 Å². The van der Waals surface area contributed by atoms with Crippen molar-refractivity contribution in [2.45, 2.75) is 0 Å². The van der Waals surface area contributed by atoms with E-state index in [2.05, 4.69) is 15.1 Å². The highest BCUT2D eigenvalue weighted by Gasteiger charge is 2.31. The molecule has 1 saturated heterocycles. The summed E-state index contributed by atoms with van der Waals surface area (Å²) in [5.74, 6) is -0.957. The number of aryl methyl sites for hydroxylation is 1. The Kier molecular flexibility index (Phi) is 5.77. The van der Waals surface area contributed by atoms with E-state index in [1.807, 2.05) is 24.3 Å². The van der Waals surface area contributed by atoms with Crippen LogP contribution in [-0.2, 0) is 11.8 Å². The second-order valence-electron chi connectivity index (χ2n) is 8.28. The van der Waals surface area contributed by atoms with Crippen LogP contribution in [0.2, 0.25) is 0 Å². The third-order valence-corrected chi connectivity index (χ3v) is 6.16. The van der Waals surface area contributed by atoms with Gasteiger partial charge in [-0.05, 0) is 18.2 Å². The van der Waals surface area contributed by atoms with Crippen molar-refractivity contribution in [3.05, 3.63) is 66.1 Å². The minimum atomic E-state index is -0.643. The first-order chi connectivity index (χ1) is 17.0. The Morgan fingerprint density at radius 1 is 1.00 bits per heavy atom. The first kappa shape index (κ1) is 22.3. The van der Waals surface area contributed by atoms with E-state index >= 15 is 0 Å². The molecule has 10 nitrogen and oxygen atoms in total. The van der Waals surface area contributed by atoms with Gasteiger partial charge in [0.05, 0.1) is 29.8 Å². The number of aromatic amines is 1. The van der Waals surface area contributed by atoms with Gasteiger partial charge in [-0.2, -0.15) is 5.10 Å². The third kappa shape index (κ3) is 4.03. The van der Waals surface area contributed by atoms with Gasteiger partial charge in [-0.25, -0.2) is 4.98 Å². The predicted molar refractivity (Wildman–Crippen MR) is 128 cm³/mol. The van der Waals surface area contributed by atoms with Crippen LogP contribution in [0.25, 0.3) is 22.3 Å². The second-order valence-corrected chi connectivity index (χ2v) is 8.28. The summed E-state index contributed by atoms with van der Waals surface area (Å²) < 4.78 is 7.11. The molecule has 0 saturated carbocycles. The molecule has 2 amide bonds. The minimum Gasteiger partial charge on any atom is -0.494 e. The number of ketones is 1. The number of piperazine rings is 1. The van der Waals surface area contributed by atoms with Crippen LogP contribution in [0, 0.1) is 0 Å². The van der Waals surface area contributed by atoms with Crippen LogP contribution in [0.15, 0.2) is 55.0 Å². The number of nitrogens with one attached hydrogen (secondary N) is 1. The van der Waals surface area contributed by atoms with Crippen LogP contribution in [-0.4, -0.2) is 80.4 Å². The van der Waals surface area contributed by atoms with Gasteiger partial charge >= 0.3 is 0 Å². The largest absolute Gasteiger partial charge is 0.494 e. The Balaban J connectivity index is 1.37. The van der Waals surface area contributed by atoms with E-state index in [1.165, 1.54) is 24.4 Å². The Labute approximate surface area is 201 Å². The molecule has 1 aliphatic rings. The molecule has 1 fully saturated rings. The maximum atomic E-state index is 13.3. The lowest BCUT2D eigenvalue weighted by Gasteiger charge is -2.34. The smallest absolute Gasteiger partial charge is 0.295 e. The summed E-state index contributed by atoms with van der Waals surface area (Å²) in [7, 11) is 3.29. The van der Waals surface area contributed by atoms with E-state index in [-0.39, 0.29) is 24.6 Å². The summed E-state index contributed by atoms with van der Waals surface area (Å²) in [5, 5.41) is 4.88. The summed E-state index contributed by atoms with van der Waals surface area (Å²) in [4.78, 5) is 49.8. The third-order valence-electron chi connectivity index (χ3n) is 6.16. The first-order valence-corrected chi connectivity index (χ1v) is 11.2. The number of H-pyrrole nitrogens is 1. The molecule has 178 valence electrons. The fraction of sp³-hybridized carbons (Fsp3) is 0.240. The number of hydrogen-bond donors (Lipinski definition) is 1. The normalized spacial score (nSPS) is 13.8. The molecule has 10 heteroatoms. The summed E-state index contributed by atoms with van der Waals surface area (Å²) >= 11 is 0. The first-order valence-electron chi connectivity index (χ1n) is 11.2. The topological polar surface area (TPSA) is 113 Å². The monoisotopic (exact) mass is 472 g/mol. The molecule has 0 aliphatic carbocycles. The predicted octanol–water partition coefficient (Wildman–Crippen LogP) is 2.14. The molecule has 0 bridgehead atoms. The number of methoxy groups -OCH3 is 1. The Bertz CT molecular complexity index is 1420. The molecule has 4 aromatic rings. The zero-order chi connectivity index (χ0) is 24.5. The van der Waals surface area contributed by atoms with Crippen molar-refractivity contribution in [2.24, 2.45) is 7.05 Å². The van der Waals surface area contributed by atoms with Crippen LogP contribution in [0.4, 0.5) is 0 Å². The number of Topliss-reactive ketones (excluding diaryl/α,β-unsaturated/α-hetero) is 1. The van der Waals surface area contributed by atoms with Gasteiger partial charge in [0.15, 0.2) is 0 Å². The highest BCUT2D eigenvalue weighted by atomic mass is 16.5. The molecule has 0 unspecified atom stereocenters. The van der Waals surface area contributed by atoms with Crippen LogP contribution < -0.4 is 4.74 Å². The number of carbonyl (C=O) groups excluding carboxylic acids is 3. The minimum absolute atomic E-state index is 0.0834.